The molecular formula is C23H24F4N6O3S. The molecule has 0 fully saturated rings. The summed E-state index contributed by atoms with van der Waals surface area (Å²) in [5.41, 5.74) is 6.00. The quantitative estimate of drug-likeness (QED) is 0.477. The van der Waals surface area contributed by atoms with Crippen molar-refractivity contribution in [2.75, 3.05) is 19.4 Å². The first-order chi connectivity index (χ1) is 17.2. The zero-order chi connectivity index (χ0) is 27.2. The Morgan fingerprint density at radius 3 is 2.51 bits per heavy atom. The van der Waals surface area contributed by atoms with Crippen LogP contribution in [0.5, 0.6) is 5.88 Å². The van der Waals surface area contributed by atoms with Crippen molar-refractivity contribution in [1.82, 2.24) is 15.1 Å². The molecule has 14 heteroatoms. The monoisotopic (exact) mass is 540 g/mol. The highest BCUT2D eigenvalue weighted by Crippen LogP contribution is 2.40. The summed E-state index contributed by atoms with van der Waals surface area (Å²) in [5.74, 6) is -0.532. The summed E-state index contributed by atoms with van der Waals surface area (Å²) in [6.07, 6.45) is -2.27. The van der Waals surface area contributed by atoms with Crippen molar-refractivity contribution >= 4 is 15.6 Å². The van der Waals surface area contributed by atoms with Crippen molar-refractivity contribution in [2.45, 2.75) is 37.2 Å². The highest BCUT2D eigenvalue weighted by atomic mass is 32.2. The number of halogens is 4. The molecule has 37 heavy (non-hydrogen) atoms. The maximum Gasteiger partial charge on any atom is 0.422 e. The second-order valence-electron chi connectivity index (χ2n) is 9.16. The van der Waals surface area contributed by atoms with Gasteiger partial charge in [-0.05, 0) is 39.0 Å². The number of alkyl halides is 3. The van der Waals surface area contributed by atoms with Crippen molar-refractivity contribution in [3.63, 3.8) is 0 Å². The summed E-state index contributed by atoms with van der Waals surface area (Å²) >= 11 is 0. The van der Waals surface area contributed by atoms with E-state index in [4.69, 9.17) is 10.3 Å². The van der Waals surface area contributed by atoms with Crippen LogP contribution in [0.2, 0.25) is 0 Å². The van der Waals surface area contributed by atoms with Gasteiger partial charge in [0.25, 0.3) is 0 Å². The minimum absolute atomic E-state index is 0.0371. The van der Waals surface area contributed by atoms with E-state index in [1.165, 1.54) is 37.5 Å². The van der Waals surface area contributed by atoms with E-state index in [0.717, 1.165) is 6.20 Å². The highest BCUT2D eigenvalue weighted by molar-refractivity contribution is 7.95. The lowest BCUT2D eigenvalue weighted by atomic mass is 9.91. The Balaban J connectivity index is 1.65. The predicted molar refractivity (Wildman–Crippen MR) is 129 cm³/mol. The Bertz CT molecular complexity index is 1480. The van der Waals surface area contributed by atoms with Gasteiger partial charge in [-0.1, -0.05) is 5.16 Å². The molecule has 0 aliphatic carbocycles. The smallest absolute Gasteiger partial charge is 0.422 e. The van der Waals surface area contributed by atoms with Crippen LogP contribution < -0.4 is 10.5 Å². The van der Waals surface area contributed by atoms with Gasteiger partial charge in [0.15, 0.2) is 12.4 Å². The molecule has 0 bridgehead atoms. The maximum absolute atomic E-state index is 15.1. The summed E-state index contributed by atoms with van der Waals surface area (Å²) in [7, 11) is -1.43. The van der Waals surface area contributed by atoms with Crippen LogP contribution in [0, 0.1) is 5.82 Å². The number of ether oxygens (including phenoxy) is 1. The Morgan fingerprint density at radius 2 is 1.89 bits per heavy atom. The van der Waals surface area contributed by atoms with E-state index in [1.807, 2.05) is 0 Å². The third kappa shape index (κ3) is 5.02. The van der Waals surface area contributed by atoms with Gasteiger partial charge < -0.3 is 15.0 Å². The lowest BCUT2D eigenvalue weighted by Crippen LogP contribution is -2.54. The lowest BCUT2D eigenvalue weighted by Gasteiger charge is -2.40. The van der Waals surface area contributed by atoms with E-state index < -0.39 is 38.6 Å². The maximum atomic E-state index is 15.1. The topological polar surface area (TPSA) is 129 Å². The van der Waals surface area contributed by atoms with Crippen LogP contribution in [0.25, 0.3) is 22.7 Å². The normalized spacial score (nSPS) is 23.4. The first kappa shape index (κ1) is 26.5. The summed E-state index contributed by atoms with van der Waals surface area (Å²) in [6.45, 7) is 3.55. The molecule has 1 aliphatic rings. The molecule has 1 aromatic carbocycles. The van der Waals surface area contributed by atoms with Gasteiger partial charge in [0.1, 0.15) is 33.3 Å². The molecule has 1 aliphatic heterocycles. The highest BCUT2D eigenvalue weighted by Gasteiger charge is 2.47. The Morgan fingerprint density at radius 1 is 1.16 bits per heavy atom. The third-order valence-electron chi connectivity index (χ3n) is 6.17. The zero-order valence-corrected chi connectivity index (χ0v) is 21.2. The van der Waals surface area contributed by atoms with E-state index >= 15 is 4.39 Å². The first-order valence-electron chi connectivity index (χ1n) is 10.9. The average molecular weight is 541 g/mol. The molecule has 0 spiro atoms. The second-order valence-corrected chi connectivity index (χ2v) is 12.1. The zero-order valence-electron chi connectivity index (χ0n) is 20.3. The fourth-order valence-corrected chi connectivity index (χ4v) is 6.19. The van der Waals surface area contributed by atoms with Crippen LogP contribution in [0.15, 0.2) is 50.5 Å². The fourth-order valence-electron chi connectivity index (χ4n) is 3.89. The van der Waals surface area contributed by atoms with Gasteiger partial charge >= 0.3 is 6.18 Å². The number of aromatic nitrogens is 3. The molecule has 2 N–H and O–H groups in total. The molecule has 9 nitrogen and oxygen atoms in total. The van der Waals surface area contributed by atoms with Crippen molar-refractivity contribution < 1.29 is 31.0 Å². The lowest BCUT2D eigenvalue weighted by molar-refractivity contribution is -0.154. The van der Waals surface area contributed by atoms with E-state index in [0.29, 0.717) is 5.56 Å². The molecule has 198 valence electrons. The van der Waals surface area contributed by atoms with E-state index in [-0.39, 0.29) is 40.2 Å². The van der Waals surface area contributed by atoms with Gasteiger partial charge in [-0.3, -0.25) is 4.99 Å². The SMILES string of the molecule is CN=S1(=O)C[C@@](C)(c2cc(-c3cc(-c4cnc(OCC(F)(F)F)cn4)no3)ccc2F)N=C(N)C1(C)C. The van der Waals surface area contributed by atoms with Crippen LogP contribution in [0.3, 0.4) is 0 Å². The average Bonchev–Trinajstić information content (AvgIpc) is 3.32. The van der Waals surface area contributed by atoms with E-state index in [1.54, 1.807) is 20.8 Å². The van der Waals surface area contributed by atoms with Crippen LogP contribution in [0.1, 0.15) is 26.3 Å². The van der Waals surface area contributed by atoms with Gasteiger partial charge in [-0.25, -0.2) is 22.9 Å². The van der Waals surface area contributed by atoms with Crippen molar-refractivity contribution in [2.24, 2.45) is 15.1 Å². The molecule has 4 rings (SSSR count). The van der Waals surface area contributed by atoms with Crippen LogP contribution in [-0.2, 0) is 15.3 Å². The van der Waals surface area contributed by atoms with Crippen molar-refractivity contribution in [3.05, 3.63) is 48.0 Å². The van der Waals surface area contributed by atoms with E-state index in [2.05, 4.69) is 29.2 Å². The minimum Gasteiger partial charge on any atom is -0.467 e. The third-order valence-corrected chi connectivity index (χ3v) is 9.52. The molecule has 3 aromatic rings. The summed E-state index contributed by atoms with van der Waals surface area (Å²) in [6, 6.07) is 5.75. The van der Waals surface area contributed by atoms with Gasteiger partial charge in [0.05, 0.1) is 27.9 Å². The summed E-state index contributed by atoms with van der Waals surface area (Å²) < 4.78 is 78.7. The van der Waals surface area contributed by atoms with Crippen molar-refractivity contribution in [1.29, 1.82) is 0 Å². The predicted octanol–water partition coefficient (Wildman–Crippen LogP) is 4.34. The number of hydrogen-bond acceptors (Lipinski definition) is 9. The number of rotatable bonds is 5. The number of hydrogen-bond donors (Lipinski definition) is 1. The Kier molecular flexibility index (Phi) is 6.51. The largest absolute Gasteiger partial charge is 0.467 e. The number of nitrogens with two attached hydrogens (primary N) is 1. The molecule has 0 amide bonds. The first-order valence-corrected chi connectivity index (χ1v) is 12.6. The molecular weight excluding hydrogens is 516 g/mol. The van der Waals surface area contributed by atoms with Crippen LogP contribution in [-0.4, -0.2) is 55.5 Å². The summed E-state index contributed by atoms with van der Waals surface area (Å²) in [4.78, 5) is 12.3. The van der Waals surface area contributed by atoms with Crippen molar-refractivity contribution in [3.8, 4) is 28.6 Å². The molecule has 0 saturated carbocycles. The Hall–Kier alpha value is -3.55. The second kappa shape index (κ2) is 9.08. The van der Waals surface area contributed by atoms with Gasteiger partial charge in [0.2, 0.25) is 5.88 Å². The molecule has 0 radical (unpaired) electrons. The Labute approximate surface area is 210 Å². The number of nitrogens with zero attached hydrogens (tertiary/aromatic N) is 5. The number of aliphatic imine (C=N–C) groups is 1. The van der Waals surface area contributed by atoms with Gasteiger partial charge in [-0.2, -0.15) is 13.2 Å². The minimum atomic E-state index is -4.50. The van der Waals surface area contributed by atoms with Crippen LogP contribution >= 0.6 is 0 Å². The fraction of sp³-hybridized carbons (Fsp3) is 0.391. The molecule has 1 unspecified atom stereocenters. The molecule has 2 aromatic heterocycles. The molecule has 0 saturated heterocycles. The van der Waals surface area contributed by atoms with Gasteiger partial charge in [-0.15, -0.1) is 0 Å². The standard InChI is InChI=1S/C23H24F4N6O3S/c1-21(2)20(28)32-22(3,12-37(21,34)29-4)14-7-13(5-6-15(14)24)18-8-16(33-36-18)17-9-31-19(10-30-17)35-11-23(25,26)27/h5-10H,11-12H2,1-4H3,(H2,28,32)/t22-,37?/m0/s1. The van der Waals surface area contributed by atoms with Crippen LogP contribution in [0.4, 0.5) is 17.6 Å². The van der Waals surface area contributed by atoms with E-state index in [9.17, 15) is 17.4 Å². The molecule has 3 heterocycles. The summed E-state index contributed by atoms with van der Waals surface area (Å²) in [5, 5.41) is 3.93. The number of benzene rings is 1. The molecule has 2 atom stereocenters. The van der Waals surface area contributed by atoms with Gasteiger partial charge in [0, 0.05) is 24.2 Å². The number of amidine groups is 1.